The van der Waals surface area contributed by atoms with Crippen molar-refractivity contribution in [3.05, 3.63) is 194 Å². The van der Waals surface area contributed by atoms with Gasteiger partial charge in [-0.25, -0.2) is 0 Å². The second-order valence-electron chi connectivity index (χ2n) is 12.0. The fourth-order valence-electron chi connectivity index (χ4n) is 7.01. The van der Waals surface area contributed by atoms with Crippen molar-refractivity contribution in [2.75, 3.05) is 0 Å². The summed E-state index contributed by atoms with van der Waals surface area (Å²) in [6.45, 7) is 0. The predicted molar refractivity (Wildman–Crippen MR) is 216 cm³/mol. The van der Waals surface area contributed by atoms with E-state index in [1.807, 2.05) is 78.9 Å². The van der Waals surface area contributed by atoms with Gasteiger partial charge < -0.3 is 4.42 Å². The van der Waals surface area contributed by atoms with Crippen LogP contribution in [0.15, 0.2) is 198 Å². The summed E-state index contributed by atoms with van der Waals surface area (Å²) in [5, 5.41) is 2.37. The highest BCUT2D eigenvalue weighted by Crippen LogP contribution is 2.48. The minimum atomic E-state index is -0.697. The van der Waals surface area contributed by atoms with Gasteiger partial charge in [0.05, 0.1) is 21.9 Å². The first-order valence-corrected chi connectivity index (χ1v) is 16.2. The van der Waals surface area contributed by atoms with Crippen molar-refractivity contribution in [1.82, 2.24) is 0 Å². The molecule has 1 heteroatoms. The zero-order valence-corrected chi connectivity index (χ0v) is 26.6. The van der Waals surface area contributed by atoms with Crippen molar-refractivity contribution in [3.8, 4) is 55.6 Å². The van der Waals surface area contributed by atoms with Crippen molar-refractivity contribution in [2.24, 2.45) is 0 Å². The molecule has 0 saturated carbocycles. The highest BCUT2D eigenvalue weighted by molar-refractivity contribution is 6.26. The Morgan fingerprint density at radius 2 is 0.980 bits per heavy atom. The lowest BCUT2D eigenvalue weighted by molar-refractivity contribution is 0.669. The van der Waals surface area contributed by atoms with Crippen LogP contribution in [0.2, 0.25) is 0 Å². The average molecular weight is 665 g/mol. The molecule has 0 saturated heterocycles. The van der Waals surface area contributed by atoms with E-state index in [0.29, 0.717) is 43.8 Å². The van der Waals surface area contributed by atoms with Crippen LogP contribution in [0.4, 0.5) is 0 Å². The quantitative estimate of drug-likeness (QED) is 0.167. The molecule has 238 valence electrons. The normalized spacial score (nSPS) is 15.9. The van der Waals surface area contributed by atoms with Crippen LogP contribution in [0.25, 0.3) is 99.1 Å². The Bertz CT molecular complexity index is 3710. The Kier molecular flexibility index (Phi) is 4.07. The summed E-state index contributed by atoms with van der Waals surface area (Å²) < 4.78 is 147. The van der Waals surface area contributed by atoms with Crippen LogP contribution in [0, 0.1) is 0 Å². The Morgan fingerprint density at radius 1 is 0.353 bits per heavy atom. The van der Waals surface area contributed by atoms with Crippen LogP contribution < -0.4 is 0 Å². The zero-order chi connectivity index (χ0) is 47.7. The van der Waals surface area contributed by atoms with E-state index in [-0.39, 0.29) is 45.2 Å². The third-order valence-electron chi connectivity index (χ3n) is 9.17. The van der Waals surface area contributed by atoms with E-state index in [0.717, 1.165) is 11.1 Å². The van der Waals surface area contributed by atoms with Crippen LogP contribution in [-0.4, -0.2) is 0 Å². The molecule has 10 aromatic rings. The predicted octanol–water partition coefficient (Wildman–Crippen LogP) is 14.2. The van der Waals surface area contributed by atoms with Gasteiger partial charge in [0, 0.05) is 10.8 Å². The number of hydrogen-bond donors (Lipinski definition) is 0. The summed E-state index contributed by atoms with van der Waals surface area (Å²) >= 11 is 0. The minimum Gasteiger partial charge on any atom is -0.456 e. The molecule has 1 heterocycles. The van der Waals surface area contributed by atoms with E-state index >= 15 is 0 Å². The van der Waals surface area contributed by atoms with Crippen molar-refractivity contribution < 1.29 is 26.3 Å². The molecule has 1 nitrogen and oxygen atoms in total. The highest BCUT2D eigenvalue weighted by atomic mass is 16.3. The van der Waals surface area contributed by atoms with Gasteiger partial charge in [-0.15, -0.1) is 0 Å². The second kappa shape index (κ2) is 12.0. The second-order valence-corrected chi connectivity index (χ2v) is 12.0. The summed E-state index contributed by atoms with van der Waals surface area (Å²) in [6.07, 6.45) is 0. The fourth-order valence-corrected chi connectivity index (χ4v) is 7.01. The molecule has 9 aromatic carbocycles. The van der Waals surface area contributed by atoms with E-state index in [2.05, 4.69) is 0 Å². The summed E-state index contributed by atoms with van der Waals surface area (Å²) in [5.74, 6) is 0. The van der Waals surface area contributed by atoms with Gasteiger partial charge in [-0.05, 0) is 101 Å². The van der Waals surface area contributed by atoms with Crippen LogP contribution in [0.1, 0.15) is 21.9 Å². The first-order chi connectivity index (χ1) is 32.0. The molecule has 0 amide bonds. The van der Waals surface area contributed by atoms with Gasteiger partial charge in [0.25, 0.3) is 0 Å². The van der Waals surface area contributed by atoms with E-state index < -0.39 is 95.7 Å². The van der Waals surface area contributed by atoms with Gasteiger partial charge >= 0.3 is 0 Å². The Balaban J connectivity index is 1.34. The number of hydrogen-bond acceptors (Lipinski definition) is 1. The molecule has 1 aromatic heterocycles. The fraction of sp³-hybridized carbons (Fsp3) is 0. The van der Waals surface area contributed by atoms with Crippen molar-refractivity contribution in [1.29, 1.82) is 0 Å². The maximum Gasteiger partial charge on any atom is 0.136 e. The standard InChI is InChI=1S/C50H32O/c1-4-15-33(16-5-1)36-28-30-46-45(31-36)50-43(25-14-26-47(50)51-46)49-41-23-12-10-21-39(41)48(40-22-11-13-24-42(40)49)37-27-29-38(34-17-6-2-7-18-34)44(32-37)35-19-8-3-9-20-35/h1-32H/i1D,2D,4D,5D,6D,7D,14D,15D,16D,17D,18D,25D,26D,28D,30D,31D. The van der Waals surface area contributed by atoms with Gasteiger partial charge in [0.15, 0.2) is 0 Å². The molecule has 0 unspecified atom stereocenters. The van der Waals surface area contributed by atoms with Crippen LogP contribution >= 0.6 is 0 Å². The SMILES string of the molecule is [2H]c1c([2H])c([2H])c(-c2ccc(-c3c4ccccc4c(-c4c([2H])c([2H])c([2H])c5oc6c([2H])c([2H])c(-c7c([2H])c([2H])c([2H])c([2H])c7[2H])c([2H])c6c45)c4ccccc34)cc2-c2ccccc2)c([2H])c1[2H]. The first-order valence-electron chi connectivity index (χ1n) is 24.2. The lowest BCUT2D eigenvalue weighted by Crippen LogP contribution is -1.93. The van der Waals surface area contributed by atoms with E-state index in [1.165, 1.54) is 0 Å². The molecule has 0 bridgehead atoms. The van der Waals surface area contributed by atoms with Gasteiger partial charge in [0.2, 0.25) is 0 Å². The number of furan rings is 1. The largest absolute Gasteiger partial charge is 0.456 e. The maximum absolute atomic E-state index is 9.64. The molecule has 51 heavy (non-hydrogen) atoms. The summed E-state index contributed by atoms with van der Waals surface area (Å²) in [6, 6.07) is 20.8. The topological polar surface area (TPSA) is 13.1 Å². The molecule has 0 atom stereocenters. The van der Waals surface area contributed by atoms with Crippen molar-refractivity contribution in [3.63, 3.8) is 0 Å². The van der Waals surface area contributed by atoms with Gasteiger partial charge in [0.1, 0.15) is 11.2 Å². The molecule has 0 N–H and O–H groups in total. The number of benzene rings is 9. The van der Waals surface area contributed by atoms with Crippen molar-refractivity contribution in [2.45, 2.75) is 0 Å². The first kappa shape index (κ1) is 17.3. The third kappa shape index (κ3) is 4.86. The summed E-state index contributed by atoms with van der Waals surface area (Å²) in [4.78, 5) is 0. The van der Waals surface area contributed by atoms with E-state index in [1.54, 1.807) is 18.2 Å². The maximum atomic E-state index is 9.64. The van der Waals surface area contributed by atoms with Crippen LogP contribution in [0.5, 0.6) is 0 Å². The van der Waals surface area contributed by atoms with E-state index in [4.69, 9.17) is 23.6 Å². The molecule has 0 aliphatic heterocycles. The molecule has 0 aliphatic carbocycles. The molecule has 10 rings (SSSR count). The Morgan fingerprint density at radius 3 is 1.67 bits per heavy atom. The van der Waals surface area contributed by atoms with Gasteiger partial charge in [-0.1, -0.05) is 170 Å². The zero-order valence-electron chi connectivity index (χ0n) is 42.6. The average Bonchev–Trinajstić information content (AvgIpc) is 3.75. The Hall–Kier alpha value is -6.70. The monoisotopic (exact) mass is 664 g/mol. The summed E-state index contributed by atoms with van der Waals surface area (Å²) in [5.41, 5.74) is 2.27. The van der Waals surface area contributed by atoms with Crippen molar-refractivity contribution >= 4 is 43.5 Å². The van der Waals surface area contributed by atoms with E-state index in [9.17, 15) is 2.74 Å². The smallest absolute Gasteiger partial charge is 0.136 e. The molecular weight excluding hydrogens is 617 g/mol. The minimum absolute atomic E-state index is 0.00510. The lowest BCUT2D eigenvalue weighted by atomic mass is 9.83. The molecular formula is C50H32O. The van der Waals surface area contributed by atoms with Gasteiger partial charge in [-0.2, -0.15) is 0 Å². The lowest BCUT2D eigenvalue weighted by Gasteiger charge is -2.19. The third-order valence-corrected chi connectivity index (χ3v) is 9.17. The van der Waals surface area contributed by atoms with Gasteiger partial charge in [-0.3, -0.25) is 0 Å². The highest BCUT2D eigenvalue weighted by Gasteiger charge is 2.21. The summed E-state index contributed by atoms with van der Waals surface area (Å²) in [7, 11) is 0. The molecule has 0 spiro atoms. The molecule has 0 radical (unpaired) electrons. The molecule has 0 aliphatic rings. The van der Waals surface area contributed by atoms with Crippen LogP contribution in [-0.2, 0) is 0 Å². The Labute approximate surface area is 319 Å². The van der Waals surface area contributed by atoms with Crippen LogP contribution in [0.3, 0.4) is 0 Å². The number of rotatable bonds is 5. The number of fused-ring (bicyclic) bond motifs is 5. The molecule has 0 fully saturated rings.